The summed E-state index contributed by atoms with van der Waals surface area (Å²) in [5.74, 6) is 0.944. The number of carboxylic acid groups (broad SMARTS) is 1. The van der Waals surface area contributed by atoms with Gasteiger partial charge in [-0.05, 0) is 61.0 Å². The van der Waals surface area contributed by atoms with Crippen LogP contribution < -0.4 is 14.2 Å². The first-order valence-corrected chi connectivity index (χ1v) is 11.7. The van der Waals surface area contributed by atoms with E-state index in [0.29, 0.717) is 29.4 Å². The van der Waals surface area contributed by atoms with Crippen molar-refractivity contribution in [2.45, 2.75) is 13.5 Å². The van der Waals surface area contributed by atoms with E-state index in [2.05, 4.69) is 8.75 Å². The largest absolute Gasteiger partial charge is 0.497 e. The Kier molecular flexibility index (Phi) is 6.00. The quantitative estimate of drug-likeness (QED) is 0.308. The zero-order valence-electron chi connectivity index (χ0n) is 19.4. The Bertz CT molecular complexity index is 1560. The number of aromatic nitrogens is 3. The maximum absolute atomic E-state index is 12.7. The van der Waals surface area contributed by atoms with E-state index in [0.717, 1.165) is 44.8 Å². The molecule has 2 aromatic heterocycles. The third kappa shape index (κ3) is 4.04. The molecule has 0 aliphatic rings. The minimum absolute atomic E-state index is 0.168. The van der Waals surface area contributed by atoms with Crippen molar-refractivity contribution in [3.05, 3.63) is 65.9 Å². The number of rotatable bonds is 8. The molecule has 5 aromatic rings. The Morgan fingerprint density at radius 1 is 0.971 bits per heavy atom. The lowest BCUT2D eigenvalue weighted by Gasteiger charge is -2.14. The molecular formula is C26H23N3O5S. The van der Waals surface area contributed by atoms with Crippen molar-refractivity contribution in [2.75, 3.05) is 20.8 Å². The number of hydrogen-bond donors (Lipinski definition) is 1. The molecular weight excluding hydrogens is 466 g/mol. The van der Waals surface area contributed by atoms with E-state index in [1.165, 1.54) is 0 Å². The Hall–Kier alpha value is -4.11. The van der Waals surface area contributed by atoms with Crippen LogP contribution in [-0.4, -0.2) is 45.2 Å². The SMILES string of the molecule is CCOc1ccc2c(c1)c(-c1ccc3nsnc3c1)c(C(=O)O)n2Cc1cc(OC)ccc1OC. The van der Waals surface area contributed by atoms with Crippen molar-refractivity contribution in [3.63, 3.8) is 0 Å². The monoisotopic (exact) mass is 489 g/mol. The van der Waals surface area contributed by atoms with Crippen LogP contribution in [0.15, 0.2) is 54.6 Å². The van der Waals surface area contributed by atoms with Crippen molar-refractivity contribution in [2.24, 2.45) is 0 Å². The lowest BCUT2D eigenvalue weighted by atomic mass is 10.0. The van der Waals surface area contributed by atoms with Gasteiger partial charge in [0.1, 0.15) is 34.0 Å². The summed E-state index contributed by atoms with van der Waals surface area (Å²) in [6.07, 6.45) is 0. The molecule has 1 N–H and O–H groups in total. The fourth-order valence-electron chi connectivity index (χ4n) is 4.38. The Morgan fingerprint density at radius 3 is 2.51 bits per heavy atom. The highest BCUT2D eigenvalue weighted by Gasteiger charge is 2.25. The maximum Gasteiger partial charge on any atom is 0.353 e. The number of fused-ring (bicyclic) bond motifs is 2. The number of carboxylic acids is 1. The molecule has 8 nitrogen and oxygen atoms in total. The first kappa shape index (κ1) is 22.7. The number of ether oxygens (including phenoxy) is 3. The molecule has 3 aromatic carbocycles. The molecule has 0 amide bonds. The average molecular weight is 490 g/mol. The van der Waals surface area contributed by atoms with Crippen molar-refractivity contribution in [1.29, 1.82) is 0 Å². The lowest BCUT2D eigenvalue weighted by Crippen LogP contribution is -2.11. The Morgan fingerprint density at radius 2 is 1.77 bits per heavy atom. The highest BCUT2D eigenvalue weighted by Crippen LogP contribution is 2.39. The number of hydrogen-bond acceptors (Lipinski definition) is 7. The van der Waals surface area contributed by atoms with Crippen LogP contribution >= 0.6 is 11.7 Å². The molecule has 9 heteroatoms. The molecule has 178 valence electrons. The van der Waals surface area contributed by atoms with Crippen LogP contribution in [0.2, 0.25) is 0 Å². The number of carbonyl (C=O) groups is 1. The zero-order valence-corrected chi connectivity index (χ0v) is 20.3. The van der Waals surface area contributed by atoms with E-state index in [1.54, 1.807) is 18.8 Å². The Balaban J connectivity index is 1.80. The standard InChI is InChI=1S/C26H23N3O5S/c1-4-34-18-6-9-22-19(13-18)24(15-5-8-20-21(12-15)28-35-27-20)25(26(30)31)29(22)14-16-11-17(32-2)7-10-23(16)33-3/h5-13H,4,14H2,1-3H3,(H,30,31). The summed E-state index contributed by atoms with van der Waals surface area (Å²) in [5, 5.41) is 11.2. The second kappa shape index (κ2) is 9.27. The van der Waals surface area contributed by atoms with E-state index in [4.69, 9.17) is 14.2 Å². The van der Waals surface area contributed by atoms with Gasteiger partial charge in [-0.2, -0.15) is 8.75 Å². The summed E-state index contributed by atoms with van der Waals surface area (Å²) in [4.78, 5) is 12.7. The minimum atomic E-state index is -1.03. The highest BCUT2D eigenvalue weighted by molar-refractivity contribution is 7.00. The van der Waals surface area contributed by atoms with Gasteiger partial charge in [0.25, 0.3) is 0 Å². The van der Waals surface area contributed by atoms with Crippen LogP contribution in [0.4, 0.5) is 0 Å². The summed E-state index contributed by atoms with van der Waals surface area (Å²) in [6, 6.07) is 16.8. The summed E-state index contributed by atoms with van der Waals surface area (Å²) in [5.41, 5.74) is 4.58. The van der Waals surface area contributed by atoms with Gasteiger partial charge in [-0.15, -0.1) is 0 Å². The molecule has 0 saturated heterocycles. The second-order valence-corrected chi connectivity index (χ2v) is 8.40. The predicted octanol–water partition coefficient (Wildman–Crippen LogP) is 5.48. The molecule has 0 unspecified atom stereocenters. The molecule has 35 heavy (non-hydrogen) atoms. The van der Waals surface area contributed by atoms with Gasteiger partial charge in [0.15, 0.2) is 0 Å². The van der Waals surface area contributed by atoms with Crippen LogP contribution in [0.25, 0.3) is 33.1 Å². The van der Waals surface area contributed by atoms with Crippen LogP contribution in [0.5, 0.6) is 17.2 Å². The topological polar surface area (TPSA) is 95.7 Å². The van der Waals surface area contributed by atoms with Gasteiger partial charge in [0.05, 0.1) is 39.1 Å². The number of nitrogens with zero attached hydrogens (tertiary/aromatic N) is 3. The van der Waals surface area contributed by atoms with Crippen molar-refractivity contribution < 1.29 is 24.1 Å². The average Bonchev–Trinajstić information content (AvgIpc) is 3.46. The second-order valence-electron chi connectivity index (χ2n) is 7.87. The van der Waals surface area contributed by atoms with E-state index in [-0.39, 0.29) is 12.2 Å². The molecule has 0 fully saturated rings. The van der Waals surface area contributed by atoms with Crippen LogP contribution in [-0.2, 0) is 6.54 Å². The van der Waals surface area contributed by atoms with Gasteiger partial charge in [-0.3, -0.25) is 0 Å². The molecule has 0 aliphatic heterocycles. The lowest BCUT2D eigenvalue weighted by molar-refractivity contribution is 0.0687. The van der Waals surface area contributed by atoms with Crippen molar-refractivity contribution >= 4 is 39.6 Å². The van der Waals surface area contributed by atoms with Gasteiger partial charge in [0.2, 0.25) is 0 Å². The minimum Gasteiger partial charge on any atom is -0.497 e. The van der Waals surface area contributed by atoms with Gasteiger partial charge < -0.3 is 23.9 Å². The van der Waals surface area contributed by atoms with E-state index in [9.17, 15) is 9.90 Å². The van der Waals surface area contributed by atoms with Gasteiger partial charge in [-0.1, -0.05) is 6.07 Å². The molecule has 5 rings (SSSR count). The van der Waals surface area contributed by atoms with Crippen molar-refractivity contribution in [1.82, 2.24) is 13.3 Å². The highest BCUT2D eigenvalue weighted by atomic mass is 32.1. The number of benzene rings is 3. The molecule has 2 heterocycles. The fraction of sp³-hybridized carbons (Fsp3) is 0.192. The van der Waals surface area contributed by atoms with Crippen LogP contribution in [0.3, 0.4) is 0 Å². The number of methoxy groups -OCH3 is 2. The molecule has 0 atom stereocenters. The summed E-state index contributed by atoms with van der Waals surface area (Å²) in [6.45, 7) is 2.69. The van der Waals surface area contributed by atoms with E-state index < -0.39 is 5.97 Å². The first-order valence-electron chi connectivity index (χ1n) is 11.0. The normalized spacial score (nSPS) is 11.2. The third-order valence-corrected chi connectivity index (χ3v) is 6.46. The van der Waals surface area contributed by atoms with Gasteiger partial charge in [-0.25, -0.2) is 4.79 Å². The summed E-state index contributed by atoms with van der Waals surface area (Å²) < 4.78 is 27.1. The Labute approximate surface area is 205 Å². The van der Waals surface area contributed by atoms with Crippen LogP contribution in [0.1, 0.15) is 23.0 Å². The summed E-state index contributed by atoms with van der Waals surface area (Å²) in [7, 11) is 3.18. The smallest absolute Gasteiger partial charge is 0.353 e. The van der Waals surface area contributed by atoms with Gasteiger partial charge >= 0.3 is 5.97 Å². The zero-order chi connectivity index (χ0) is 24.5. The first-order chi connectivity index (χ1) is 17.0. The molecule has 0 spiro atoms. The fourth-order valence-corrected chi connectivity index (χ4v) is 4.90. The summed E-state index contributed by atoms with van der Waals surface area (Å²) >= 11 is 1.13. The molecule has 0 radical (unpaired) electrons. The predicted molar refractivity (Wildman–Crippen MR) is 135 cm³/mol. The molecule has 0 bridgehead atoms. The van der Waals surface area contributed by atoms with Gasteiger partial charge in [0, 0.05) is 22.0 Å². The van der Waals surface area contributed by atoms with Crippen LogP contribution in [0, 0.1) is 0 Å². The van der Waals surface area contributed by atoms with Crippen molar-refractivity contribution in [3.8, 4) is 28.4 Å². The maximum atomic E-state index is 12.7. The third-order valence-electron chi connectivity index (χ3n) is 5.91. The number of aromatic carboxylic acids is 1. The van der Waals surface area contributed by atoms with E-state index >= 15 is 0 Å². The molecule has 0 saturated carbocycles. The molecule has 0 aliphatic carbocycles. The van der Waals surface area contributed by atoms with E-state index in [1.807, 2.05) is 61.5 Å².